The van der Waals surface area contributed by atoms with E-state index in [4.69, 9.17) is 9.84 Å². The van der Waals surface area contributed by atoms with Crippen molar-refractivity contribution in [2.75, 3.05) is 6.61 Å². The first kappa shape index (κ1) is 16.6. The summed E-state index contributed by atoms with van der Waals surface area (Å²) in [6, 6.07) is 5.72. The van der Waals surface area contributed by atoms with Crippen LogP contribution in [0.5, 0.6) is 5.75 Å². The van der Waals surface area contributed by atoms with Gasteiger partial charge in [-0.25, -0.2) is 4.79 Å². The van der Waals surface area contributed by atoms with Crippen molar-refractivity contribution < 1.29 is 14.6 Å². The topological polar surface area (TPSA) is 73.5 Å². The Morgan fingerprint density at radius 3 is 2.58 bits per heavy atom. The molecule has 0 bridgehead atoms. The van der Waals surface area contributed by atoms with Gasteiger partial charge in [0.25, 0.3) is 0 Å². The minimum absolute atomic E-state index is 0.0287. The third-order valence-electron chi connectivity index (χ3n) is 5.06. The van der Waals surface area contributed by atoms with Gasteiger partial charge in [-0.3, -0.25) is 13.9 Å². The lowest BCUT2D eigenvalue weighted by Gasteiger charge is -2.26. The van der Waals surface area contributed by atoms with Gasteiger partial charge in [0.2, 0.25) is 0 Å². The maximum absolute atomic E-state index is 12.6. The molecule has 24 heavy (non-hydrogen) atoms. The number of aliphatic carboxylic acids is 1. The van der Waals surface area contributed by atoms with E-state index in [0.29, 0.717) is 31.9 Å². The fourth-order valence-electron chi connectivity index (χ4n) is 3.67. The first-order valence-corrected chi connectivity index (χ1v) is 8.56. The number of carboxylic acid groups (broad SMARTS) is 1. The van der Waals surface area contributed by atoms with Crippen LogP contribution in [0.4, 0.5) is 0 Å². The second kappa shape index (κ2) is 6.71. The van der Waals surface area contributed by atoms with E-state index in [1.807, 2.05) is 29.7 Å². The van der Waals surface area contributed by atoms with Gasteiger partial charge in [-0.15, -0.1) is 0 Å². The van der Waals surface area contributed by atoms with Crippen LogP contribution in [0, 0.1) is 11.8 Å². The molecule has 1 saturated carbocycles. The molecule has 0 unspecified atom stereocenters. The van der Waals surface area contributed by atoms with E-state index < -0.39 is 5.97 Å². The minimum atomic E-state index is -0.697. The number of hydrogen-bond donors (Lipinski definition) is 1. The van der Waals surface area contributed by atoms with Gasteiger partial charge in [0, 0.05) is 19.7 Å². The second-order valence-corrected chi connectivity index (χ2v) is 6.59. The monoisotopic (exact) mass is 332 g/mol. The van der Waals surface area contributed by atoms with Crippen LogP contribution < -0.4 is 10.4 Å². The fraction of sp³-hybridized carbons (Fsp3) is 0.556. The van der Waals surface area contributed by atoms with E-state index in [2.05, 4.69) is 0 Å². The van der Waals surface area contributed by atoms with Crippen molar-refractivity contribution in [3.63, 3.8) is 0 Å². The SMILES string of the molecule is CCOc1ccc2c(c1)n(C[C@H]1CC[C@H](C(=O)O)CC1)c(=O)n2C. The molecule has 1 aromatic heterocycles. The molecule has 0 saturated heterocycles. The molecule has 1 fully saturated rings. The summed E-state index contributed by atoms with van der Waals surface area (Å²) in [4.78, 5) is 23.7. The van der Waals surface area contributed by atoms with Crippen molar-refractivity contribution in [2.45, 2.75) is 39.2 Å². The Labute approximate surface area is 140 Å². The Hall–Kier alpha value is -2.24. The highest BCUT2D eigenvalue weighted by atomic mass is 16.5. The predicted octanol–water partition coefficient (Wildman–Crippen LogP) is 2.63. The van der Waals surface area contributed by atoms with E-state index in [1.165, 1.54) is 0 Å². The molecule has 1 aliphatic rings. The van der Waals surface area contributed by atoms with E-state index >= 15 is 0 Å². The Morgan fingerprint density at radius 1 is 1.25 bits per heavy atom. The van der Waals surface area contributed by atoms with Gasteiger partial charge in [-0.05, 0) is 50.7 Å². The lowest BCUT2D eigenvalue weighted by Crippen LogP contribution is -2.28. The Kier molecular flexibility index (Phi) is 4.64. The van der Waals surface area contributed by atoms with Crippen LogP contribution in [-0.4, -0.2) is 26.8 Å². The molecule has 1 N–H and O–H groups in total. The highest BCUT2D eigenvalue weighted by molar-refractivity contribution is 5.77. The maximum atomic E-state index is 12.6. The minimum Gasteiger partial charge on any atom is -0.494 e. The third-order valence-corrected chi connectivity index (χ3v) is 5.06. The second-order valence-electron chi connectivity index (χ2n) is 6.59. The molecule has 130 valence electrons. The van der Waals surface area contributed by atoms with Gasteiger partial charge in [0.05, 0.1) is 23.6 Å². The van der Waals surface area contributed by atoms with Gasteiger partial charge in [-0.1, -0.05) is 0 Å². The summed E-state index contributed by atoms with van der Waals surface area (Å²) in [6.07, 6.45) is 3.10. The maximum Gasteiger partial charge on any atom is 0.328 e. The summed E-state index contributed by atoms with van der Waals surface area (Å²) in [7, 11) is 1.78. The zero-order chi connectivity index (χ0) is 17.3. The smallest absolute Gasteiger partial charge is 0.328 e. The summed E-state index contributed by atoms with van der Waals surface area (Å²) in [5.41, 5.74) is 1.75. The van der Waals surface area contributed by atoms with Crippen molar-refractivity contribution >= 4 is 17.0 Å². The molecule has 6 heteroatoms. The fourth-order valence-corrected chi connectivity index (χ4v) is 3.67. The number of benzene rings is 1. The summed E-state index contributed by atoms with van der Waals surface area (Å²) in [5.74, 6) is 0.186. The molecule has 0 amide bonds. The standard InChI is InChI=1S/C18H24N2O4/c1-3-24-14-8-9-15-16(10-14)20(18(23)19(15)2)11-12-4-6-13(7-5-12)17(21)22/h8-10,12-13H,3-7,11H2,1-2H3,(H,21,22)/t12-,13-. The van der Waals surface area contributed by atoms with Crippen LogP contribution in [0.25, 0.3) is 11.0 Å². The average Bonchev–Trinajstić information content (AvgIpc) is 2.80. The number of ether oxygens (including phenoxy) is 1. The zero-order valence-electron chi connectivity index (χ0n) is 14.2. The molecule has 1 aromatic carbocycles. The first-order chi connectivity index (χ1) is 11.5. The third kappa shape index (κ3) is 3.05. The van der Waals surface area contributed by atoms with E-state index in [1.54, 1.807) is 11.6 Å². The molecule has 0 atom stereocenters. The zero-order valence-corrected chi connectivity index (χ0v) is 14.2. The number of aromatic nitrogens is 2. The van der Waals surface area contributed by atoms with Gasteiger partial charge in [-0.2, -0.15) is 0 Å². The number of imidazole rings is 1. The Balaban J connectivity index is 1.86. The van der Waals surface area contributed by atoms with Crippen molar-refractivity contribution in [3.05, 3.63) is 28.7 Å². The quantitative estimate of drug-likeness (QED) is 0.913. The van der Waals surface area contributed by atoms with Crippen molar-refractivity contribution in [3.8, 4) is 5.75 Å². The van der Waals surface area contributed by atoms with E-state index in [-0.39, 0.29) is 11.6 Å². The molecule has 1 aliphatic carbocycles. The number of aryl methyl sites for hydroxylation is 1. The normalized spacial score (nSPS) is 21.1. The summed E-state index contributed by atoms with van der Waals surface area (Å²) in [6.45, 7) is 3.16. The van der Waals surface area contributed by atoms with Gasteiger partial charge < -0.3 is 9.84 Å². The van der Waals surface area contributed by atoms with E-state index in [0.717, 1.165) is 29.6 Å². The highest BCUT2D eigenvalue weighted by Crippen LogP contribution is 2.31. The molecule has 3 rings (SSSR count). The molecule has 0 aliphatic heterocycles. The largest absolute Gasteiger partial charge is 0.494 e. The summed E-state index contributed by atoms with van der Waals surface area (Å²) >= 11 is 0. The lowest BCUT2D eigenvalue weighted by atomic mass is 9.82. The first-order valence-electron chi connectivity index (χ1n) is 8.56. The number of rotatable bonds is 5. The van der Waals surface area contributed by atoms with Crippen LogP contribution in [0.1, 0.15) is 32.6 Å². The molecule has 2 aromatic rings. The Morgan fingerprint density at radius 2 is 1.96 bits per heavy atom. The van der Waals surface area contributed by atoms with Crippen molar-refractivity contribution in [2.24, 2.45) is 18.9 Å². The molecule has 0 radical (unpaired) electrons. The van der Waals surface area contributed by atoms with Crippen molar-refractivity contribution in [1.82, 2.24) is 9.13 Å². The average molecular weight is 332 g/mol. The summed E-state index contributed by atoms with van der Waals surface area (Å²) in [5, 5.41) is 9.11. The molecule has 1 heterocycles. The Bertz CT molecular complexity index is 797. The van der Waals surface area contributed by atoms with Gasteiger partial charge in [0.15, 0.2) is 0 Å². The van der Waals surface area contributed by atoms with Crippen molar-refractivity contribution in [1.29, 1.82) is 0 Å². The van der Waals surface area contributed by atoms with Gasteiger partial charge in [0.1, 0.15) is 5.75 Å². The number of nitrogens with zero attached hydrogens (tertiary/aromatic N) is 2. The van der Waals surface area contributed by atoms with Gasteiger partial charge >= 0.3 is 11.7 Å². The van der Waals surface area contributed by atoms with Crippen LogP contribution in [-0.2, 0) is 18.4 Å². The number of fused-ring (bicyclic) bond motifs is 1. The van der Waals surface area contributed by atoms with Crippen LogP contribution in [0.15, 0.2) is 23.0 Å². The number of carboxylic acids is 1. The molecular formula is C18H24N2O4. The highest BCUT2D eigenvalue weighted by Gasteiger charge is 2.27. The molecular weight excluding hydrogens is 308 g/mol. The van der Waals surface area contributed by atoms with Crippen LogP contribution >= 0.6 is 0 Å². The lowest BCUT2D eigenvalue weighted by molar-refractivity contribution is -0.143. The molecule has 6 nitrogen and oxygen atoms in total. The van der Waals surface area contributed by atoms with Crippen LogP contribution in [0.2, 0.25) is 0 Å². The number of carbonyl (C=O) groups is 1. The number of hydrogen-bond acceptors (Lipinski definition) is 3. The van der Waals surface area contributed by atoms with Crippen LogP contribution in [0.3, 0.4) is 0 Å². The van der Waals surface area contributed by atoms with E-state index in [9.17, 15) is 9.59 Å². The molecule has 0 spiro atoms. The summed E-state index contributed by atoms with van der Waals surface area (Å²) < 4.78 is 9.03. The predicted molar refractivity (Wildman–Crippen MR) is 91.4 cm³/mol.